The van der Waals surface area contributed by atoms with Crippen LogP contribution in [0.3, 0.4) is 0 Å². The van der Waals surface area contributed by atoms with Crippen LogP contribution in [0.1, 0.15) is 36.4 Å². The zero-order chi connectivity index (χ0) is 26.1. The standard InChI is InChI=1S/C25H26BrFN4O5S/c1-2-36-25(34)20-17(10-31-14-8-13(9-19(32)33)18(31)12-35-11-14)29-23(24-28-6-7-37-24)30-22(20)15-4-3-5-16(27)21(15)26/h3-7,13-14,18,22H,2,8-12H2,1H3,(H,29,30)(H,32,33)/t13-,14-,18-,22+/m1/s1. The first-order valence-corrected chi connectivity index (χ1v) is 13.7. The number of benzene rings is 1. The Hall–Kier alpha value is -2.67. The molecule has 0 saturated carbocycles. The van der Waals surface area contributed by atoms with Crippen molar-refractivity contribution in [1.82, 2.24) is 15.2 Å². The van der Waals surface area contributed by atoms with E-state index < -0.39 is 23.8 Å². The molecule has 0 unspecified atom stereocenters. The van der Waals surface area contributed by atoms with Crippen LogP contribution in [0.15, 0.2) is 50.5 Å². The number of fused-ring (bicyclic) bond motifs is 2. The van der Waals surface area contributed by atoms with Gasteiger partial charge < -0.3 is 19.9 Å². The SMILES string of the molecule is CCOC(=O)C1=C(CN2[C@H]3COC[C@@H]2[C@@H](CC(=O)O)C3)NC(c2nccs2)=N[C@H]1c1cccc(F)c1Br. The third-order valence-corrected chi connectivity index (χ3v) is 8.54. The molecule has 1 aromatic carbocycles. The van der Waals surface area contributed by atoms with Crippen LogP contribution in [0, 0.1) is 11.7 Å². The van der Waals surface area contributed by atoms with Crippen LogP contribution in [0.4, 0.5) is 4.39 Å². The normalized spacial score (nSPS) is 25.5. The van der Waals surface area contributed by atoms with E-state index in [4.69, 9.17) is 14.5 Å². The number of carboxylic acids is 1. The molecule has 0 radical (unpaired) electrons. The molecule has 37 heavy (non-hydrogen) atoms. The first-order chi connectivity index (χ1) is 17.9. The van der Waals surface area contributed by atoms with Gasteiger partial charge in [0.2, 0.25) is 0 Å². The molecule has 2 fully saturated rings. The average Bonchev–Trinajstić information content (AvgIpc) is 3.45. The van der Waals surface area contributed by atoms with Gasteiger partial charge in [-0.05, 0) is 46.8 Å². The Bertz CT molecular complexity index is 1250. The summed E-state index contributed by atoms with van der Waals surface area (Å²) in [5.74, 6) is -1.43. The van der Waals surface area contributed by atoms with E-state index in [2.05, 4.69) is 31.1 Å². The summed E-state index contributed by atoms with van der Waals surface area (Å²) >= 11 is 4.74. The summed E-state index contributed by atoms with van der Waals surface area (Å²) in [6, 6.07) is 3.72. The fraction of sp³-hybridized carbons (Fsp3) is 0.440. The number of esters is 1. The van der Waals surface area contributed by atoms with Gasteiger partial charge in [0.15, 0.2) is 10.8 Å². The number of hydrogen-bond acceptors (Lipinski definition) is 9. The maximum absolute atomic E-state index is 14.6. The molecule has 2 N–H and O–H groups in total. The lowest BCUT2D eigenvalue weighted by molar-refractivity contribution is -0.139. The largest absolute Gasteiger partial charge is 0.481 e. The van der Waals surface area contributed by atoms with Gasteiger partial charge >= 0.3 is 11.9 Å². The van der Waals surface area contributed by atoms with Gasteiger partial charge in [0.05, 0.1) is 29.9 Å². The van der Waals surface area contributed by atoms with Crippen molar-refractivity contribution in [2.45, 2.75) is 37.9 Å². The van der Waals surface area contributed by atoms with Crippen molar-refractivity contribution in [1.29, 1.82) is 0 Å². The predicted octanol–water partition coefficient (Wildman–Crippen LogP) is 3.52. The number of rotatable bonds is 8. The van der Waals surface area contributed by atoms with E-state index in [1.165, 1.54) is 17.4 Å². The lowest BCUT2D eigenvalue weighted by Crippen LogP contribution is -2.50. The van der Waals surface area contributed by atoms with E-state index in [9.17, 15) is 19.1 Å². The molecule has 9 nitrogen and oxygen atoms in total. The fourth-order valence-corrected chi connectivity index (χ4v) is 6.42. The highest BCUT2D eigenvalue weighted by Gasteiger charge is 2.46. The Kier molecular flexibility index (Phi) is 7.70. The van der Waals surface area contributed by atoms with Crippen molar-refractivity contribution in [3.8, 4) is 0 Å². The highest BCUT2D eigenvalue weighted by Crippen LogP contribution is 2.40. The molecule has 12 heteroatoms. The van der Waals surface area contributed by atoms with Crippen LogP contribution < -0.4 is 5.32 Å². The molecule has 0 aliphatic carbocycles. The number of aliphatic imine (C=N–C) groups is 1. The van der Waals surface area contributed by atoms with Crippen molar-refractivity contribution in [3.63, 3.8) is 0 Å². The molecule has 2 aromatic rings. The number of ether oxygens (including phenoxy) is 2. The summed E-state index contributed by atoms with van der Waals surface area (Å²) in [6.45, 7) is 3.13. The molecule has 2 saturated heterocycles. The Morgan fingerprint density at radius 3 is 2.95 bits per heavy atom. The first kappa shape index (κ1) is 26.0. The lowest BCUT2D eigenvalue weighted by atomic mass is 9.94. The number of amidine groups is 1. The minimum absolute atomic E-state index is 0.0161. The van der Waals surface area contributed by atoms with Gasteiger partial charge in [-0.1, -0.05) is 12.1 Å². The highest BCUT2D eigenvalue weighted by molar-refractivity contribution is 9.10. The quantitative estimate of drug-likeness (QED) is 0.448. The number of carbonyl (C=O) groups excluding carboxylic acids is 1. The topological polar surface area (TPSA) is 113 Å². The van der Waals surface area contributed by atoms with Crippen LogP contribution in [0.2, 0.25) is 0 Å². The number of halogens is 2. The average molecular weight is 593 g/mol. The second-order valence-corrected chi connectivity index (χ2v) is 10.8. The van der Waals surface area contributed by atoms with Gasteiger partial charge in [0.25, 0.3) is 0 Å². The molecule has 0 spiro atoms. The number of hydrogen-bond donors (Lipinski definition) is 2. The third kappa shape index (κ3) is 5.20. The number of aliphatic carboxylic acids is 1. The van der Waals surface area contributed by atoms with Crippen molar-refractivity contribution < 1.29 is 28.6 Å². The molecule has 3 aliphatic rings. The summed E-state index contributed by atoms with van der Waals surface area (Å²) in [6.07, 6.45) is 2.43. The molecule has 0 amide bonds. The molecule has 3 aliphatic heterocycles. The number of morpholine rings is 1. The summed E-state index contributed by atoms with van der Waals surface area (Å²) in [4.78, 5) is 36.3. The molecular formula is C25H26BrFN4O5S. The summed E-state index contributed by atoms with van der Waals surface area (Å²) < 4.78 is 26.0. The Balaban J connectivity index is 1.59. The maximum atomic E-state index is 14.6. The van der Waals surface area contributed by atoms with Gasteiger partial charge in [0.1, 0.15) is 11.9 Å². The van der Waals surface area contributed by atoms with Crippen LogP contribution in [-0.4, -0.2) is 71.2 Å². The molecule has 5 rings (SSSR count). The van der Waals surface area contributed by atoms with Gasteiger partial charge in [-0.25, -0.2) is 14.2 Å². The smallest absolute Gasteiger partial charge is 0.338 e. The minimum atomic E-state index is -0.840. The fourth-order valence-electron chi connectivity index (χ4n) is 5.35. The third-order valence-electron chi connectivity index (χ3n) is 6.92. The van der Waals surface area contributed by atoms with E-state index in [1.54, 1.807) is 25.3 Å². The van der Waals surface area contributed by atoms with E-state index in [1.807, 2.05) is 5.38 Å². The van der Waals surface area contributed by atoms with Crippen LogP contribution in [0.5, 0.6) is 0 Å². The number of nitrogens with zero attached hydrogens (tertiary/aromatic N) is 3. The molecule has 1 aromatic heterocycles. The zero-order valence-corrected chi connectivity index (χ0v) is 22.4. The van der Waals surface area contributed by atoms with Crippen molar-refractivity contribution in [3.05, 3.63) is 61.9 Å². The van der Waals surface area contributed by atoms with Crippen LogP contribution in [0.25, 0.3) is 0 Å². The summed E-state index contributed by atoms with van der Waals surface area (Å²) in [5, 5.41) is 15.2. The van der Waals surface area contributed by atoms with Crippen molar-refractivity contribution >= 4 is 45.0 Å². The molecule has 4 atom stereocenters. The zero-order valence-electron chi connectivity index (χ0n) is 20.0. The van der Waals surface area contributed by atoms with Gasteiger partial charge in [-0.3, -0.25) is 14.7 Å². The number of nitrogens with one attached hydrogen (secondary N) is 1. The predicted molar refractivity (Wildman–Crippen MR) is 138 cm³/mol. The van der Waals surface area contributed by atoms with E-state index in [0.717, 1.165) is 0 Å². The maximum Gasteiger partial charge on any atom is 0.338 e. The Labute approximate surface area is 225 Å². The number of aromatic nitrogens is 1. The second kappa shape index (κ2) is 11.0. The Morgan fingerprint density at radius 2 is 2.22 bits per heavy atom. The summed E-state index contributed by atoms with van der Waals surface area (Å²) in [7, 11) is 0. The van der Waals surface area contributed by atoms with E-state index in [0.29, 0.717) is 48.3 Å². The number of carbonyl (C=O) groups is 2. The van der Waals surface area contributed by atoms with Gasteiger partial charge in [0, 0.05) is 42.3 Å². The molecular weight excluding hydrogens is 567 g/mol. The molecule has 2 bridgehead atoms. The second-order valence-electron chi connectivity index (χ2n) is 9.12. The monoisotopic (exact) mass is 592 g/mol. The highest BCUT2D eigenvalue weighted by atomic mass is 79.9. The van der Waals surface area contributed by atoms with Crippen molar-refractivity contribution in [2.75, 3.05) is 26.4 Å². The first-order valence-electron chi connectivity index (χ1n) is 12.0. The number of carboxylic acid groups (broad SMARTS) is 1. The lowest BCUT2D eigenvalue weighted by Gasteiger charge is -2.38. The van der Waals surface area contributed by atoms with E-state index >= 15 is 0 Å². The van der Waals surface area contributed by atoms with Crippen LogP contribution >= 0.6 is 27.3 Å². The molecule has 4 heterocycles. The molecule has 196 valence electrons. The van der Waals surface area contributed by atoms with E-state index in [-0.39, 0.29) is 41.1 Å². The van der Waals surface area contributed by atoms with Crippen LogP contribution in [-0.2, 0) is 19.1 Å². The minimum Gasteiger partial charge on any atom is -0.481 e. The summed E-state index contributed by atoms with van der Waals surface area (Å²) in [5.41, 5.74) is 1.35. The number of thiazole rings is 1. The van der Waals surface area contributed by atoms with Crippen molar-refractivity contribution in [2.24, 2.45) is 10.9 Å². The van der Waals surface area contributed by atoms with Gasteiger partial charge in [-0.2, -0.15) is 0 Å². The Morgan fingerprint density at radius 1 is 1.38 bits per heavy atom. The van der Waals surface area contributed by atoms with Gasteiger partial charge in [-0.15, -0.1) is 11.3 Å².